The third kappa shape index (κ3) is 3.70. The molecule has 0 saturated carbocycles. The molecule has 33 heavy (non-hydrogen) atoms. The normalized spacial score (nSPS) is 12.4. The number of imidazole rings is 1. The van der Waals surface area contributed by atoms with Crippen LogP contribution in [-0.2, 0) is 0 Å². The van der Waals surface area contributed by atoms with Crippen molar-refractivity contribution in [1.29, 1.82) is 0 Å². The van der Waals surface area contributed by atoms with Gasteiger partial charge in [-0.05, 0) is 42.6 Å². The lowest BCUT2D eigenvalue weighted by atomic mass is 10.1. The number of halogens is 4. The predicted molar refractivity (Wildman–Crippen MR) is 128 cm³/mol. The Morgan fingerprint density at radius 1 is 1.06 bits per heavy atom. The molecule has 0 saturated heterocycles. The maximum absolute atomic E-state index is 14.2. The monoisotopic (exact) mass is 502 g/mol. The number of aromatic nitrogens is 5. The van der Waals surface area contributed by atoms with Gasteiger partial charge >= 0.3 is 0 Å². The summed E-state index contributed by atoms with van der Waals surface area (Å²) >= 11 is 18.5. The first-order chi connectivity index (χ1) is 15.8. The lowest BCUT2D eigenvalue weighted by Gasteiger charge is -2.22. The number of fused-ring (bicyclic) bond motifs is 2. The molecule has 0 aliphatic rings. The number of rotatable bonds is 4. The quantitative estimate of drug-likeness (QED) is 0.317. The highest BCUT2D eigenvalue weighted by atomic mass is 35.5. The Labute approximate surface area is 201 Å². The molecule has 2 N–H and O–H groups in total. The Morgan fingerprint density at radius 3 is 2.67 bits per heavy atom. The van der Waals surface area contributed by atoms with Crippen LogP contribution in [0.4, 0.5) is 10.2 Å². The molecule has 5 rings (SSSR count). The van der Waals surface area contributed by atoms with Crippen molar-refractivity contribution < 1.29 is 4.39 Å². The molecule has 1 atom stereocenters. The van der Waals surface area contributed by atoms with Crippen LogP contribution in [0.15, 0.2) is 53.8 Å². The predicted octanol–water partition coefficient (Wildman–Crippen LogP) is 5.93. The van der Waals surface area contributed by atoms with Crippen molar-refractivity contribution in [3.8, 4) is 5.69 Å². The fourth-order valence-electron chi connectivity index (χ4n) is 3.72. The van der Waals surface area contributed by atoms with E-state index in [1.54, 1.807) is 24.3 Å². The summed E-state index contributed by atoms with van der Waals surface area (Å²) in [5.41, 5.74) is 1.66. The number of nitrogens with one attached hydrogen (secondary N) is 2. The Morgan fingerprint density at radius 2 is 1.88 bits per heavy atom. The Hall–Kier alpha value is -3.20. The number of pyridine rings is 1. The summed E-state index contributed by atoms with van der Waals surface area (Å²) in [6.45, 7) is 1.87. The SMILES string of the molecule is C[C@H](Nc1ncnc2nc[nH]c12)c1cc2ccc(F)c(Cl)c2c(=O)n1-c1ccc(Cl)c(Cl)c1. The highest BCUT2D eigenvalue weighted by molar-refractivity contribution is 6.42. The Kier molecular flexibility index (Phi) is 5.44. The van der Waals surface area contributed by atoms with Gasteiger partial charge in [0.2, 0.25) is 0 Å². The molecule has 166 valence electrons. The van der Waals surface area contributed by atoms with Crippen LogP contribution in [-0.4, -0.2) is 24.5 Å². The van der Waals surface area contributed by atoms with Gasteiger partial charge in [-0.2, -0.15) is 0 Å². The number of nitrogens with zero attached hydrogens (tertiary/aromatic N) is 4. The zero-order chi connectivity index (χ0) is 23.3. The zero-order valence-corrected chi connectivity index (χ0v) is 19.2. The molecule has 0 aliphatic carbocycles. The van der Waals surface area contributed by atoms with E-state index in [0.717, 1.165) is 0 Å². The minimum atomic E-state index is -0.677. The lowest BCUT2D eigenvalue weighted by Crippen LogP contribution is -2.26. The molecule has 0 spiro atoms. The molecule has 0 fully saturated rings. The first kappa shape index (κ1) is 21.6. The average molecular weight is 504 g/mol. The van der Waals surface area contributed by atoms with E-state index in [9.17, 15) is 9.18 Å². The third-order valence-corrected chi connectivity index (χ3v) is 6.40. The van der Waals surface area contributed by atoms with Crippen LogP contribution in [0, 0.1) is 5.82 Å². The standard InChI is InChI=1S/C22H14Cl3FN6O/c1-10(31-21-19-20(28-8-27-19)29-9-30-21)16-6-11-2-5-15(26)18(25)17(11)22(33)32(16)12-3-4-13(23)14(24)7-12/h2-10H,1H3,(H2,27,28,29,30,31)/t10-/m0/s1. The van der Waals surface area contributed by atoms with E-state index >= 15 is 0 Å². The van der Waals surface area contributed by atoms with Crippen molar-refractivity contribution in [3.05, 3.63) is 86.0 Å². The molecule has 0 amide bonds. The highest BCUT2D eigenvalue weighted by Gasteiger charge is 2.21. The van der Waals surface area contributed by atoms with Crippen LogP contribution in [0.5, 0.6) is 0 Å². The van der Waals surface area contributed by atoms with E-state index < -0.39 is 17.4 Å². The number of H-pyrrole nitrogens is 1. The number of hydrogen-bond acceptors (Lipinski definition) is 5. The fraction of sp³-hybridized carbons (Fsp3) is 0.0909. The van der Waals surface area contributed by atoms with Gasteiger partial charge in [-0.3, -0.25) is 9.36 Å². The molecular formula is C22H14Cl3FN6O. The van der Waals surface area contributed by atoms with E-state index in [1.807, 2.05) is 6.92 Å². The van der Waals surface area contributed by atoms with Crippen molar-refractivity contribution in [2.45, 2.75) is 13.0 Å². The topological polar surface area (TPSA) is 88.5 Å². The van der Waals surface area contributed by atoms with Gasteiger partial charge in [0, 0.05) is 5.69 Å². The van der Waals surface area contributed by atoms with Gasteiger partial charge in [0.15, 0.2) is 11.5 Å². The minimum absolute atomic E-state index is 0.0664. The van der Waals surface area contributed by atoms with E-state index in [1.165, 1.54) is 29.4 Å². The van der Waals surface area contributed by atoms with Crippen LogP contribution in [0.3, 0.4) is 0 Å². The molecule has 0 unspecified atom stereocenters. The summed E-state index contributed by atoms with van der Waals surface area (Å²) in [4.78, 5) is 29.2. The largest absolute Gasteiger partial charge is 0.360 e. The first-order valence-corrected chi connectivity index (χ1v) is 10.9. The Balaban J connectivity index is 1.74. The van der Waals surface area contributed by atoms with Crippen molar-refractivity contribution >= 4 is 62.6 Å². The number of hydrogen-bond donors (Lipinski definition) is 2. The summed E-state index contributed by atoms with van der Waals surface area (Å²) in [5.74, 6) is -0.168. The molecule has 2 aromatic carbocycles. The fourth-order valence-corrected chi connectivity index (χ4v) is 4.26. The van der Waals surface area contributed by atoms with Crippen molar-refractivity contribution in [3.63, 3.8) is 0 Å². The average Bonchev–Trinajstić information content (AvgIpc) is 3.28. The number of aromatic amines is 1. The van der Waals surface area contributed by atoms with Crippen LogP contribution < -0.4 is 10.9 Å². The minimum Gasteiger partial charge on any atom is -0.360 e. The van der Waals surface area contributed by atoms with E-state index in [2.05, 4.69) is 25.3 Å². The van der Waals surface area contributed by atoms with Crippen LogP contribution in [0.25, 0.3) is 27.6 Å². The van der Waals surface area contributed by atoms with Gasteiger partial charge in [0.25, 0.3) is 5.56 Å². The summed E-state index contributed by atoms with van der Waals surface area (Å²) in [5, 5.41) is 4.23. The van der Waals surface area contributed by atoms with Gasteiger partial charge in [-0.25, -0.2) is 19.3 Å². The van der Waals surface area contributed by atoms with E-state index in [0.29, 0.717) is 38.8 Å². The molecule has 0 aliphatic heterocycles. The Bertz CT molecular complexity index is 1600. The van der Waals surface area contributed by atoms with Gasteiger partial charge in [-0.1, -0.05) is 40.9 Å². The molecule has 7 nitrogen and oxygen atoms in total. The summed E-state index contributed by atoms with van der Waals surface area (Å²) in [7, 11) is 0. The van der Waals surface area contributed by atoms with Gasteiger partial charge in [0.05, 0.1) is 38.5 Å². The molecule has 11 heteroatoms. The van der Waals surface area contributed by atoms with Crippen molar-refractivity contribution in [2.24, 2.45) is 0 Å². The second-order valence-electron chi connectivity index (χ2n) is 7.32. The van der Waals surface area contributed by atoms with Gasteiger partial charge < -0.3 is 10.3 Å². The van der Waals surface area contributed by atoms with E-state index in [-0.39, 0.29) is 15.4 Å². The molecule has 5 aromatic rings. The van der Waals surface area contributed by atoms with Gasteiger partial charge in [-0.15, -0.1) is 0 Å². The molecule has 0 bridgehead atoms. The second kappa shape index (κ2) is 8.30. The summed E-state index contributed by atoms with van der Waals surface area (Å²) in [6.07, 6.45) is 2.92. The second-order valence-corrected chi connectivity index (χ2v) is 8.52. The first-order valence-electron chi connectivity index (χ1n) is 9.75. The van der Waals surface area contributed by atoms with Crippen molar-refractivity contribution in [2.75, 3.05) is 5.32 Å². The van der Waals surface area contributed by atoms with E-state index in [4.69, 9.17) is 34.8 Å². The van der Waals surface area contributed by atoms with Crippen LogP contribution >= 0.6 is 34.8 Å². The van der Waals surface area contributed by atoms with Crippen molar-refractivity contribution in [1.82, 2.24) is 24.5 Å². The van der Waals surface area contributed by atoms with Gasteiger partial charge in [0.1, 0.15) is 17.7 Å². The summed E-state index contributed by atoms with van der Waals surface area (Å²) in [6, 6.07) is 8.90. The summed E-state index contributed by atoms with van der Waals surface area (Å²) < 4.78 is 15.6. The third-order valence-electron chi connectivity index (χ3n) is 5.29. The smallest absolute Gasteiger partial charge is 0.264 e. The molecule has 3 aromatic heterocycles. The van der Waals surface area contributed by atoms with Crippen LogP contribution in [0.1, 0.15) is 18.7 Å². The highest BCUT2D eigenvalue weighted by Crippen LogP contribution is 2.31. The molecule has 0 radical (unpaired) electrons. The maximum atomic E-state index is 14.2. The molecular weight excluding hydrogens is 490 g/mol. The maximum Gasteiger partial charge on any atom is 0.264 e. The molecule has 3 heterocycles. The number of anilines is 1. The van der Waals surface area contributed by atoms with Crippen LogP contribution in [0.2, 0.25) is 15.1 Å². The number of benzene rings is 2. The zero-order valence-electron chi connectivity index (χ0n) is 16.9. The lowest BCUT2D eigenvalue weighted by molar-refractivity contribution is 0.629.